The summed E-state index contributed by atoms with van der Waals surface area (Å²) in [7, 11) is 0. The molecular weight excluding hydrogens is 363 g/mol. The van der Waals surface area contributed by atoms with Crippen molar-refractivity contribution >= 4 is 33.3 Å². The van der Waals surface area contributed by atoms with E-state index in [4.69, 9.17) is 0 Å². The maximum Gasteiger partial charge on any atom is 0.449 e. The van der Waals surface area contributed by atoms with Gasteiger partial charge in [0.05, 0.1) is 0 Å². The topological polar surface area (TPSA) is 46.2 Å². The van der Waals surface area contributed by atoms with Gasteiger partial charge in [0.25, 0.3) is 0 Å². The SMILES string of the molecule is O=C(CCCCCCC(=O)C(F)(F)F)Nc1ccc(Br)cc1. The Kier molecular flexibility index (Phi) is 7.58. The predicted octanol–water partition coefficient (Wildman–Crippen LogP) is 4.86. The van der Waals surface area contributed by atoms with E-state index in [0.717, 1.165) is 4.47 Å². The first-order valence-electron chi connectivity index (χ1n) is 6.94. The molecule has 0 aromatic heterocycles. The number of benzene rings is 1. The molecule has 0 atom stereocenters. The van der Waals surface area contributed by atoms with Crippen LogP contribution in [0.15, 0.2) is 28.7 Å². The van der Waals surface area contributed by atoms with Crippen molar-refractivity contribution in [2.45, 2.75) is 44.7 Å². The van der Waals surface area contributed by atoms with Crippen molar-refractivity contribution in [3.63, 3.8) is 0 Å². The molecule has 0 saturated heterocycles. The zero-order valence-corrected chi connectivity index (χ0v) is 13.5. The van der Waals surface area contributed by atoms with E-state index in [1.807, 2.05) is 12.1 Å². The van der Waals surface area contributed by atoms with E-state index in [2.05, 4.69) is 21.2 Å². The Morgan fingerprint density at radius 3 is 2.05 bits per heavy atom. The van der Waals surface area contributed by atoms with Crippen molar-refractivity contribution in [2.75, 3.05) is 5.32 Å². The normalized spacial score (nSPS) is 11.3. The molecule has 0 heterocycles. The minimum Gasteiger partial charge on any atom is -0.326 e. The standard InChI is InChI=1S/C15H17BrF3NO2/c16-11-7-9-12(10-8-11)20-14(22)6-4-2-1-3-5-13(21)15(17,18)19/h7-10H,1-6H2,(H,20,22). The van der Waals surface area contributed by atoms with Crippen molar-refractivity contribution in [3.05, 3.63) is 28.7 Å². The molecule has 0 unspecified atom stereocenters. The number of halogens is 4. The van der Waals surface area contributed by atoms with Gasteiger partial charge in [0, 0.05) is 23.0 Å². The summed E-state index contributed by atoms with van der Waals surface area (Å²) < 4.78 is 36.8. The van der Waals surface area contributed by atoms with Crippen molar-refractivity contribution in [1.29, 1.82) is 0 Å². The van der Waals surface area contributed by atoms with E-state index < -0.39 is 18.4 Å². The molecule has 122 valence electrons. The van der Waals surface area contributed by atoms with Gasteiger partial charge in [-0.2, -0.15) is 13.2 Å². The van der Waals surface area contributed by atoms with Crippen molar-refractivity contribution in [1.82, 2.24) is 0 Å². The lowest BCUT2D eigenvalue weighted by Crippen LogP contribution is -2.22. The Morgan fingerprint density at radius 1 is 0.955 bits per heavy atom. The number of unbranched alkanes of at least 4 members (excludes halogenated alkanes) is 3. The van der Waals surface area contributed by atoms with Crippen molar-refractivity contribution in [3.8, 4) is 0 Å². The third kappa shape index (κ3) is 7.59. The number of alkyl halides is 3. The Morgan fingerprint density at radius 2 is 1.50 bits per heavy atom. The molecular formula is C15H17BrF3NO2. The van der Waals surface area contributed by atoms with Gasteiger partial charge < -0.3 is 5.32 Å². The molecule has 0 bridgehead atoms. The molecule has 1 amide bonds. The van der Waals surface area contributed by atoms with E-state index in [-0.39, 0.29) is 12.3 Å². The number of amides is 1. The molecule has 3 nitrogen and oxygen atoms in total. The number of nitrogens with one attached hydrogen (secondary N) is 1. The molecule has 0 aliphatic heterocycles. The van der Waals surface area contributed by atoms with E-state index >= 15 is 0 Å². The molecule has 7 heteroatoms. The second-order valence-corrected chi connectivity index (χ2v) is 5.81. The molecule has 1 aromatic rings. The minimum atomic E-state index is -4.73. The zero-order valence-electron chi connectivity index (χ0n) is 11.9. The number of ketones is 1. The van der Waals surface area contributed by atoms with Crippen LogP contribution in [0.3, 0.4) is 0 Å². The molecule has 0 aliphatic rings. The number of carbonyl (C=O) groups is 2. The molecule has 0 spiro atoms. The first-order valence-corrected chi connectivity index (χ1v) is 7.74. The maximum absolute atomic E-state index is 12.0. The van der Waals surface area contributed by atoms with Crippen LogP contribution in [0, 0.1) is 0 Å². The monoisotopic (exact) mass is 379 g/mol. The number of hydrogen-bond acceptors (Lipinski definition) is 2. The van der Waals surface area contributed by atoms with Gasteiger partial charge in [-0.25, -0.2) is 0 Å². The van der Waals surface area contributed by atoms with Gasteiger partial charge in [-0.1, -0.05) is 28.8 Å². The molecule has 1 rings (SSSR count). The average molecular weight is 380 g/mol. The highest BCUT2D eigenvalue weighted by Crippen LogP contribution is 2.20. The number of anilines is 1. The van der Waals surface area contributed by atoms with Crippen LogP contribution in [0.5, 0.6) is 0 Å². The van der Waals surface area contributed by atoms with Crippen LogP contribution in [0.4, 0.5) is 18.9 Å². The van der Waals surface area contributed by atoms with Crippen LogP contribution in [0.1, 0.15) is 38.5 Å². The third-order valence-electron chi connectivity index (χ3n) is 3.00. The number of Topliss-reactive ketones (excluding diaryl/α,β-unsaturated/α-hetero) is 1. The van der Waals surface area contributed by atoms with Gasteiger partial charge in [0.1, 0.15) is 0 Å². The Labute approximate surface area is 135 Å². The highest BCUT2D eigenvalue weighted by Gasteiger charge is 2.36. The second kappa shape index (κ2) is 8.92. The van der Waals surface area contributed by atoms with Crippen LogP contribution in [0.2, 0.25) is 0 Å². The van der Waals surface area contributed by atoms with Crippen LogP contribution in [0.25, 0.3) is 0 Å². The van der Waals surface area contributed by atoms with Gasteiger partial charge in [0.15, 0.2) is 0 Å². The lowest BCUT2D eigenvalue weighted by atomic mass is 10.1. The van der Waals surface area contributed by atoms with E-state index in [0.29, 0.717) is 31.4 Å². The van der Waals surface area contributed by atoms with Gasteiger partial charge >= 0.3 is 6.18 Å². The quantitative estimate of drug-likeness (QED) is 0.655. The minimum absolute atomic E-state index is 0.131. The largest absolute Gasteiger partial charge is 0.449 e. The fourth-order valence-electron chi connectivity index (χ4n) is 1.82. The Balaban J connectivity index is 2.11. The lowest BCUT2D eigenvalue weighted by molar-refractivity contribution is -0.171. The van der Waals surface area contributed by atoms with E-state index in [9.17, 15) is 22.8 Å². The van der Waals surface area contributed by atoms with Crippen LogP contribution >= 0.6 is 15.9 Å². The van der Waals surface area contributed by atoms with Gasteiger partial charge in [-0.15, -0.1) is 0 Å². The fraction of sp³-hybridized carbons (Fsp3) is 0.467. The van der Waals surface area contributed by atoms with Gasteiger partial charge in [0.2, 0.25) is 11.7 Å². The zero-order chi connectivity index (χ0) is 16.6. The van der Waals surface area contributed by atoms with Crippen molar-refractivity contribution < 1.29 is 22.8 Å². The summed E-state index contributed by atoms with van der Waals surface area (Å²) in [6, 6.07) is 7.16. The molecule has 0 fully saturated rings. The summed E-state index contributed by atoms with van der Waals surface area (Å²) in [6.07, 6.45) is -2.98. The molecule has 22 heavy (non-hydrogen) atoms. The molecule has 1 N–H and O–H groups in total. The van der Waals surface area contributed by atoms with Gasteiger partial charge in [-0.3, -0.25) is 9.59 Å². The number of rotatable bonds is 8. The summed E-state index contributed by atoms with van der Waals surface area (Å²) >= 11 is 3.29. The fourth-order valence-corrected chi connectivity index (χ4v) is 2.09. The Bertz CT molecular complexity index is 501. The second-order valence-electron chi connectivity index (χ2n) is 4.89. The van der Waals surface area contributed by atoms with Crippen LogP contribution in [-0.4, -0.2) is 17.9 Å². The summed E-state index contributed by atoms with van der Waals surface area (Å²) in [6.45, 7) is 0. The highest BCUT2D eigenvalue weighted by molar-refractivity contribution is 9.10. The summed E-state index contributed by atoms with van der Waals surface area (Å²) in [5.41, 5.74) is 0.698. The maximum atomic E-state index is 12.0. The first-order chi connectivity index (χ1) is 10.3. The third-order valence-corrected chi connectivity index (χ3v) is 3.53. The summed E-state index contributed by atoms with van der Waals surface area (Å²) in [5, 5.41) is 2.74. The predicted molar refractivity (Wildman–Crippen MR) is 81.5 cm³/mol. The van der Waals surface area contributed by atoms with Crippen LogP contribution in [-0.2, 0) is 9.59 Å². The first kappa shape index (κ1) is 18.7. The molecule has 0 aliphatic carbocycles. The summed E-state index contributed by atoms with van der Waals surface area (Å²) in [5.74, 6) is -1.81. The number of carbonyl (C=O) groups excluding carboxylic acids is 2. The molecule has 1 aromatic carbocycles. The van der Waals surface area contributed by atoms with E-state index in [1.54, 1.807) is 12.1 Å². The lowest BCUT2D eigenvalue weighted by Gasteiger charge is -2.06. The smallest absolute Gasteiger partial charge is 0.326 e. The Hall–Kier alpha value is -1.37. The molecule has 0 radical (unpaired) electrons. The number of hydrogen-bond donors (Lipinski definition) is 1. The van der Waals surface area contributed by atoms with Crippen LogP contribution < -0.4 is 5.32 Å². The summed E-state index contributed by atoms with van der Waals surface area (Å²) in [4.78, 5) is 22.3. The van der Waals surface area contributed by atoms with Gasteiger partial charge in [-0.05, 0) is 37.1 Å². The van der Waals surface area contributed by atoms with E-state index in [1.165, 1.54) is 0 Å². The molecule has 0 saturated carbocycles. The average Bonchev–Trinajstić information content (AvgIpc) is 2.44. The highest BCUT2D eigenvalue weighted by atomic mass is 79.9. The van der Waals surface area contributed by atoms with Crippen molar-refractivity contribution in [2.24, 2.45) is 0 Å².